The first kappa shape index (κ1) is 15.2. The minimum atomic E-state index is -1.04. The molecule has 0 aliphatic rings. The van der Waals surface area contributed by atoms with Gasteiger partial charge >= 0.3 is 5.97 Å². The molecular formula is C13H15N3O4S. The van der Waals surface area contributed by atoms with Crippen molar-refractivity contribution in [3.05, 3.63) is 33.7 Å². The zero-order chi connectivity index (χ0) is 15.6. The lowest BCUT2D eigenvalue weighted by molar-refractivity contribution is 0.0694. The van der Waals surface area contributed by atoms with Crippen LogP contribution in [0.25, 0.3) is 0 Å². The lowest BCUT2D eigenvalue weighted by Gasteiger charge is -2.14. The number of rotatable bonds is 5. The van der Waals surface area contributed by atoms with Gasteiger partial charge in [0, 0.05) is 7.05 Å². The molecule has 0 spiro atoms. The number of carboxylic acids is 1. The maximum atomic E-state index is 12.3. The van der Waals surface area contributed by atoms with Crippen LogP contribution in [0.2, 0.25) is 0 Å². The average molecular weight is 309 g/mol. The minimum Gasteiger partial charge on any atom is -0.478 e. The third-order valence-electron chi connectivity index (χ3n) is 3.02. The fourth-order valence-corrected chi connectivity index (χ4v) is 2.66. The summed E-state index contributed by atoms with van der Waals surface area (Å²) in [6, 6.07) is 1.44. The van der Waals surface area contributed by atoms with Crippen LogP contribution in [0.15, 0.2) is 10.5 Å². The van der Waals surface area contributed by atoms with E-state index in [0.29, 0.717) is 28.5 Å². The predicted octanol–water partition coefficient (Wildman–Crippen LogP) is 1.97. The second-order valence-corrected chi connectivity index (χ2v) is 5.31. The normalized spacial score (nSPS) is 10.6. The number of carbonyl (C=O) groups excluding carboxylic acids is 1. The fraction of sp³-hybridized carbons (Fsp3) is 0.385. The van der Waals surface area contributed by atoms with Gasteiger partial charge in [-0.25, -0.2) is 4.79 Å². The van der Waals surface area contributed by atoms with Crippen molar-refractivity contribution in [1.29, 1.82) is 0 Å². The molecule has 0 aliphatic heterocycles. The standard InChI is InChI=1S/C13H15N3O4S/c1-4-10-11(21-15-14-10)12(17)16(3)6-8-5-9(13(18)19)7(2)20-8/h5H,4,6H2,1-3H3,(H,18,19). The van der Waals surface area contributed by atoms with Gasteiger partial charge in [-0.15, -0.1) is 5.10 Å². The molecule has 2 aromatic heterocycles. The topological polar surface area (TPSA) is 96.5 Å². The van der Waals surface area contributed by atoms with E-state index in [2.05, 4.69) is 9.59 Å². The summed E-state index contributed by atoms with van der Waals surface area (Å²) in [5.74, 6) is -0.493. The van der Waals surface area contributed by atoms with Gasteiger partial charge in [-0.2, -0.15) is 0 Å². The molecule has 21 heavy (non-hydrogen) atoms. The second-order valence-electron chi connectivity index (χ2n) is 4.55. The van der Waals surface area contributed by atoms with Gasteiger partial charge in [-0.1, -0.05) is 11.4 Å². The molecule has 0 fully saturated rings. The Hall–Kier alpha value is -2.22. The summed E-state index contributed by atoms with van der Waals surface area (Å²) in [5, 5.41) is 12.9. The van der Waals surface area contributed by atoms with Gasteiger partial charge in [-0.3, -0.25) is 4.79 Å². The van der Waals surface area contributed by atoms with Crippen LogP contribution in [0.4, 0.5) is 0 Å². The number of nitrogens with zero attached hydrogens (tertiary/aromatic N) is 3. The van der Waals surface area contributed by atoms with Gasteiger partial charge in [0.25, 0.3) is 5.91 Å². The van der Waals surface area contributed by atoms with Crippen LogP contribution < -0.4 is 0 Å². The number of furan rings is 1. The highest BCUT2D eigenvalue weighted by atomic mass is 32.1. The highest BCUT2D eigenvalue weighted by Crippen LogP contribution is 2.18. The summed E-state index contributed by atoms with van der Waals surface area (Å²) in [5.41, 5.74) is 0.776. The zero-order valence-corrected chi connectivity index (χ0v) is 12.7. The van der Waals surface area contributed by atoms with Crippen LogP contribution in [-0.4, -0.2) is 38.5 Å². The van der Waals surface area contributed by atoms with Crippen LogP contribution in [0.5, 0.6) is 0 Å². The SMILES string of the molecule is CCc1nnsc1C(=O)N(C)Cc1cc(C(=O)O)c(C)o1. The number of aromatic carboxylic acids is 1. The van der Waals surface area contributed by atoms with Crippen LogP contribution in [0.3, 0.4) is 0 Å². The van der Waals surface area contributed by atoms with E-state index in [4.69, 9.17) is 9.52 Å². The zero-order valence-electron chi connectivity index (χ0n) is 11.9. The van der Waals surface area contributed by atoms with E-state index in [0.717, 1.165) is 11.5 Å². The van der Waals surface area contributed by atoms with Crippen molar-refractivity contribution in [2.24, 2.45) is 0 Å². The smallest absolute Gasteiger partial charge is 0.339 e. The highest BCUT2D eigenvalue weighted by molar-refractivity contribution is 7.07. The Morgan fingerprint density at radius 2 is 2.19 bits per heavy atom. The number of aryl methyl sites for hydroxylation is 2. The number of aromatic nitrogens is 2. The van der Waals surface area contributed by atoms with Gasteiger partial charge in [0.05, 0.1) is 12.2 Å². The Balaban J connectivity index is 2.14. The van der Waals surface area contributed by atoms with E-state index in [1.165, 1.54) is 11.0 Å². The summed E-state index contributed by atoms with van der Waals surface area (Å²) in [4.78, 5) is 25.2. The van der Waals surface area contributed by atoms with Crippen molar-refractivity contribution in [1.82, 2.24) is 14.5 Å². The summed E-state index contributed by atoms with van der Waals surface area (Å²) >= 11 is 1.06. The third-order valence-corrected chi connectivity index (χ3v) is 3.78. The number of hydrogen-bond acceptors (Lipinski definition) is 6. The van der Waals surface area contributed by atoms with Gasteiger partial charge in [0.2, 0.25) is 0 Å². The largest absolute Gasteiger partial charge is 0.478 e. The molecule has 2 heterocycles. The molecule has 1 N–H and O–H groups in total. The Kier molecular flexibility index (Phi) is 4.37. The Labute approximate surface area is 125 Å². The van der Waals surface area contributed by atoms with E-state index in [1.54, 1.807) is 14.0 Å². The quantitative estimate of drug-likeness (QED) is 0.907. The lowest BCUT2D eigenvalue weighted by atomic mass is 10.2. The second kappa shape index (κ2) is 6.04. The van der Waals surface area contributed by atoms with Crippen molar-refractivity contribution in [3.8, 4) is 0 Å². The molecule has 0 atom stereocenters. The molecule has 0 aromatic carbocycles. The van der Waals surface area contributed by atoms with E-state index < -0.39 is 5.97 Å². The highest BCUT2D eigenvalue weighted by Gasteiger charge is 2.21. The van der Waals surface area contributed by atoms with Crippen molar-refractivity contribution < 1.29 is 19.1 Å². The number of carboxylic acid groups (broad SMARTS) is 1. The molecule has 0 saturated carbocycles. The Bertz CT molecular complexity index is 677. The van der Waals surface area contributed by atoms with Gasteiger partial charge in [0.15, 0.2) is 0 Å². The molecule has 0 unspecified atom stereocenters. The van der Waals surface area contributed by atoms with Crippen molar-refractivity contribution in [3.63, 3.8) is 0 Å². The lowest BCUT2D eigenvalue weighted by Crippen LogP contribution is -2.26. The fourth-order valence-electron chi connectivity index (χ4n) is 1.92. The maximum absolute atomic E-state index is 12.3. The predicted molar refractivity (Wildman–Crippen MR) is 75.5 cm³/mol. The van der Waals surface area contributed by atoms with E-state index >= 15 is 0 Å². The number of hydrogen-bond donors (Lipinski definition) is 1. The first-order chi connectivity index (χ1) is 9.93. The Morgan fingerprint density at radius 3 is 2.76 bits per heavy atom. The molecule has 8 heteroatoms. The molecule has 2 rings (SSSR count). The van der Waals surface area contributed by atoms with Crippen molar-refractivity contribution >= 4 is 23.4 Å². The Morgan fingerprint density at radius 1 is 1.48 bits per heavy atom. The van der Waals surface area contributed by atoms with E-state index in [-0.39, 0.29) is 18.0 Å². The molecule has 112 valence electrons. The minimum absolute atomic E-state index is 0.111. The van der Waals surface area contributed by atoms with Gasteiger partial charge < -0.3 is 14.4 Å². The van der Waals surface area contributed by atoms with Crippen LogP contribution in [0, 0.1) is 6.92 Å². The molecule has 1 amide bonds. The van der Waals surface area contributed by atoms with Gasteiger partial charge in [0.1, 0.15) is 22.0 Å². The average Bonchev–Trinajstić information content (AvgIpc) is 3.03. The summed E-state index contributed by atoms with van der Waals surface area (Å²) < 4.78 is 9.16. The summed E-state index contributed by atoms with van der Waals surface area (Å²) in [7, 11) is 1.62. The first-order valence-corrected chi connectivity index (χ1v) is 7.10. The maximum Gasteiger partial charge on any atom is 0.339 e. The van der Waals surface area contributed by atoms with Gasteiger partial charge in [-0.05, 0) is 30.9 Å². The monoisotopic (exact) mass is 309 g/mol. The van der Waals surface area contributed by atoms with Crippen LogP contribution in [-0.2, 0) is 13.0 Å². The molecule has 0 radical (unpaired) electrons. The molecule has 0 bridgehead atoms. The molecule has 7 nitrogen and oxygen atoms in total. The molecule has 2 aromatic rings. The summed E-state index contributed by atoms with van der Waals surface area (Å²) in [6.07, 6.45) is 0.633. The van der Waals surface area contributed by atoms with Crippen molar-refractivity contribution in [2.45, 2.75) is 26.8 Å². The van der Waals surface area contributed by atoms with E-state index in [1.807, 2.05) is 6.92 Å². The van der Waals surface area contributed by atoms with Crippen LogP contribution in [0.1, 0.15) is 44.2 Å². The third kappa shape index (κ3) is 3.10. The number of amides is 1. The molecule has 0 saturated heterocycles. The van der Waals surface area contributed by atoms with Crippen molar-refractivity contribution in [2.75, 3.05) is 7.05 Å². The molecular weight excluding hydrogens is 294 g/mol. The first-order valence-electron chi connectivity index (χ1n) is 6.33. The summed E-state index contributed by atoms with van der Waals surface area (Å²) in [6.45, 7) is 3.67. The number of carbonyl (C=O) groups is 2. The van der Waals surface area contributed by atoms with E-state index in [9.17, 15) is 9.59 Å². The van der Waals surface area contributed by atoms with Crippen LogP contribution >= 0.6 is 11.5 Å². The molecule has 0 aliphatic carbocycles.